The summed E-state index contributed by atoms with van der Waals surface area (Å²) in [5, 5.41) is 12.2. The number of methoxy groups -OCH3 is 1. The van der Waals surface area contributed by atoms with Crippen LogP contribution in [0.5, 0.6) is 0 Å². The molecule has 4 nitrogen and oxygen atoms in total. The van der Waals surface area contributed by atoms with Gasteiger partial charge in [0.1, 0.15) is 0 Å². The smallest absolute Gasteiger partial charge is 0.0866 e. The van der Waals surface area contributed by atoms with Gasteiger partial charge < -0.3 is 10.1 Å². The zero-order valence-corrected chi connectivity index (χ0v) is 10.4. The molecule has 16 heavy (non-hydrogen) atoms. The van der Waals surface area contributed by atoms with E-state index in [1.165, 1.54) is 0 Å². The minimum Gasteiger partial charge on any atom is -0.385 e. The molecular formula is C12H23N3O. The summed E-state index contributed by atoms with van der Waals surface area (Å²) in [5.74, 6) is 0. The molecule has 0 radical (unpaired) electrons. The Kier molecular flexibility index (Phi) is 6.39. The van der Waals surface area contributed by atoms with Crippen LogP contribution in [0.2, 0.25) is 0 Å². The molecule has 0 aromatic carbocycles. The molecule has 0 aromatic rings. The second-order valence-corrected chi connectivity index (χ2v) is 4.56. The molecule has 4 heteroatoms. The van der Waals surface area contributed by atoms with Crippen LogP contribution in [0, 0.1) is 11.3 Å². The van der Waals surface area contributed by atoms with Gasteiger partial charge in [-0.1, -0.05) is 0 Å². The van der Waals surface area contributed by atoms with E-state index < -0.39 is 0 Å². The number of hydrogen-bond acceptors (Lipinski definition) is 4. The van der Waals surface area contributed by atoms with Crippen LogP contribution >= 0.6 is 0 Å². The number of nitriles is 1. The van der Waals surface area contributed by atoms with Gasteiger partial charge in [0.15, 0.2) is 0 Å². The number of rotatable bonds is 6. The van der Waals surface area contributed by atoms with E-state index in [0.29, 0.717) is 18.6 Å². The van der Waals surface area contributed by atoms with Gasteiger partial charge in [0.05, 0.1) is 12.6 Å². The lowest BCUT2D eigenvalue weighted by atomic mass is 10.0. The largest absolute Gasteiger partial charge is 0.385 e. The summed E-state index contributed by atoms with van der Waals surface area (Å²) in [4.78, 5) is 2.22. The maximum Gasteiger partial charge on any atom is 0.0866 e. The SMILES string of the molecule is COCCC(C)NC1CCN(CC#N)CC1. The van der Waals surface area contributed by atoms with E-state index in [9.17, 15) is 0 Å². The van der Waals surface area contributed by atoms with Crippen LogP contribution in [0.4, 0.5) is 0 Å². The van der Waals surface area contributed by atoms with Crippen molar-refractivity contribution in [2.45, 2.75) is 38.3 Å². The van der Waals surface area contributed by atoms with Gasteiger partial charge >= 0.3 is 0 Å². The maximum absolute atomic E-state index is 8.61. The normalized spacial score (nSPS) is 20.6. The molecule has 0 bridgehead atoms. The highest BCUT2D eigenvalue weighted by molar-refractivity contribution is 4.84. The first-order chi connectivity index (χ1) is 7.76. The molecule has 0 aliphatic carbocycles. The van der Waals surface area contributed by atoms with E-state index in [4.69, 9.17) is 10.00 Å². The fraction of sp³-hybridized carbons (Fsp3) is 0.917. The number of ether oxygens (including phenoxy) is 1. The minimum absolute atomic E-state index is 0.521. The lowest BCUT2D eigenvalue weighted by Crippen LogP contribution is -2.45. The third kappa shape index (κ3) is 4.93. The molecule has 1 N–H and O–H groups in total. The van der Waals surface area contributed by atoms with E-state index in [2.05, 4.69) is 23.2 Å². The number of nitrogens with zero attached hydrogens (tertiary/aromatic N) is 2. The molecule has 1 heterocycles. The summed E-state index contributed by atoms with van der Waals surface area (Å²) < 4.78 is 5.07. The molecule has 0 saturated carbocycles. The summed E-state index contributed by atoms with van der Waals surface area (Å²) >= 11 is 0. The van der Waals surface area contributed by atoms with Gasteiger partial charge in [0.2, 0.25) is 0 Å². The predicted molar refractivity (Wildman–Crippen MR) is 64.2 cm³/mol. The summed E-state index contributed by atoms with van der Waals surface area (Å²) in [5.41, 5.74) is 0. The number of piperidine rings is 1. The van der Waals surface area contributed by atoms with Crippen molar-refractivity contribution in [1.29, 1.82) is 5.26 Å². The van der Waals surface area contributed by atoms with Crippen LogP contribution < -0.4 is 5.32 Å². The standard InChI is InChI=1S/C12H23N3O/c1-11(5-10-16-2)14-12-3-7-15(8-4-12)9-6-13/h11-12,14H,3-5,7-10H2,1-2H3. The van der Waals surface area contributed by atoms with Gasteiger partial charge in [0, 0.05) is 38.9 Å². The Bertz CT molecular complexity index is 219. The monoisotopic (exact) mass is 225 g/mol. The van der Waals surface area contributed by atoms with Crippen molar-refractivity contribution in [2.75, 3.05) is 33.4 Å². The second kappa shape index (κ2) is 7.61. The molecule has 0 amide bonds. The minimum atomic E-state index is 0.521. The molecule has 0 aromatic heterocycles. The third-order valence-corrected chi connectivity index (χ3v) is 3.16. The van der Waals surface area contributed by atoms with Gasteiger partial charge in [-0.05, 0) is 26.2 Å². The van der Waals surface area contributed by atoms with Crippen molar-refractivity contribution in [3.63, 3.8) is 0 Å². The molecule has 1 aliphatic rings. The first kappa shape index (κ1) is 13.4. The first-order valence-corrected chi connectivity index (χ1v) is 6.10. The van der Waals surface area contributed by atoms with Crippen LogP contribution in [0.1, 0.15) is 26.2 Å². The Morgan fingerprint density at radius 3 is 2.75 bits per heavy atom. The lowest BCUT2D eigenvalue weighted by Gasteiger charge is -2.32. The van der Waals surface area contributed by atoms with Crippen LogP contribution in [-0.4, -0.2) is 50.3 Å². The molecule has 0 spiro atoms. The molecular weight excluding hydrogens is 202 g/mol. The van der Waals surface area contributed by atoms with Crippen LogP contribution in [-0.2, 0) is 4.74 Å². The number of nitrogens with one attached hydrogen (secondary N) is 1. The van der Waals surface area contributed by atoms with E-state index in [1.54, 1.807) is 7.11 Å². The van der Waals surface area contributed by atoms with E-state index in [0.717, 1.165) is 39.0 Å². The van der Waals surface area contributed by atoms with Crippen molar-refractivity contribution in [3.8, 4) is 6.07 Å². The molecule has 1 aliphatic heterocycles. The van der Waals surface area contributed by atoms with Crippen LogP contribution in [0.3, 0.4) is 0 Å². The van der Waals surface area contributed by atoms with Gasteiger partial charge in [-0.15, -0.1) is 0 Å². The summed E-state index contributed by atoms with van der Waals surface area (Å²) in [6.45, 7) is 5.69. The number of likely N-dealkylation sites (tertiary alicyclic amines) is 1. The first-order valence-electron chi connectivity index (χ1n) is 6.10. The Balaban J connectivity index is 2.14. The van der Waals surface area contributed by atoms with E-state index in [1.807, 2.05) is 0 Å². The Morgan fingerprint density at radius 1 is 1.50 bits per heavy atom. The maximum atomic E-state index is 8.61. The molecule has 1 unspecified atom stereocenters. The second-order valence-electron chi connectivity index (χ2n) is 4.56. The Labute approximate surface area is 98.6 Å². The highest BCUT2D eigenvalue weighted by Crippen LogP contribution is 2.10. The van der Waals surface area contributed by atoms with Gasteiger partial charge in [-0.25, -0.2) is 0 Å². The zero-order valence-electron chi connectivity index (χ0n) is 10.4. The molecule has 1 atom stereocenters. The quantitative estimate of drug-likeness (QED) is 0.685. The average Bonchev–Trinajstić information content (AvgIpc) is 2.29. The predicted octanol–water partition coefficient (Wildman–Crippen LogP) is 0.989. The fourth-order valence-corrected chi connectivity index (χ4v) is 2.14. The summed E-state index contributed by atoms with van der Waals surface area (Å²) in [6.07, 6.45) is 3.37. The van der Waals surface area contributed by atoms with Gasteiger partial charge in [0.25, 0.3) is 0 Å². The summed E-state index contributed by atoms with van der Waals surface area (Å²) in [6, 6.07) is 3.34. The lowest BCUT2D eigenvalue weighted by molar-refractivity contribution is 0.171. The highest BCUT2D eigenvalue weighted by atomic mass is 16.5. The third-order valence-electron chi connectivity index (χ3n) is 3.16. The topological polar surface area (TPSA) is 48.3 Å². The van der Waals surface area contributed by atoms with E-state index in [-0.39, 0.29) is 0 Å². The zero-order chi connectivity index (χ0) is 11.8. The van der Waals surface area contributed by atoms with Crippen molar-refractivity contribution in [3.05, 3.63) is 0 Å². The average molecular weight is 225 g/mol. The van der Waals surface area contributed by atoms with E-state index >= 15 is 0 Å². The van der Waals surface area contributed by atoms with Crippen molar-refractivity contribution >= 4 is 0 Å². The Morgan fingerprint density at radius 2 is 2.19 bits per heavy atom. The Hall–Kier alpha value is -0.630. The molecule has 92 valence electrons. The van der Waals surface area contributed by atoms with Crippen LogP contribution in [0.15, 0.2) is 0 Å². The number of hydrogen-bond donors (Lipinski definition) is 1. The van der Waals surface area contributed by atoms with Gasteiger partial charge in [-0.2, -0.15) is 5.26 Å². The fourth-order valence-electron chi connectivity index (χ4n) is 2.14. The molecule has 1 saturated heterocycles. The van der Waals surface area contributed by atoms with Crippen molar-refractivity contribution < 1.29 is 4.74 Å². The van der Waals surface area contributed by atoms with Gasteiger partial charge in [-0.3, -0.25) is 4.90 Å². The summed E-state index contributed by atoms with van der Waals surface area (Å²) in [7, 11) is 1.74. The molecule has 1 rings (SSSR count). The van der Waals surface area contributed by atoms with Crippen molar-refractivity contribution in [2.24, 2.45) is 0 Å². The van der Waals surface area contributed by atoms with Crippen LogP contribution in [0.25, 0.3) is 0 Å². The highest BCUT2D eigenvalue weighted by Gasteiger charge is 2.19. The molecule has 1 fully saturated rings. The van der Waals surface area contributed by atoms with Crippen molar-refractivity contribution in [1.82, 2.24) is 10.2 Å².